The van der Waals surface area contributed by atoms with Gasteiger partial charge in [-0.05, 0) is 316 Å². The Bertz CT molecular complexity index is 8550. The second-order valence-electron chi connectivity index (χ2n) is 40.5. The Kier molecular flexibility index (Phi) is 21.7. The van der Waals surface area contributed by atoms with Crippen molar-refractivity contribution in [3.05, 3.63) is 497 Å². The molecule has 0 amide bonds. The van der Waals surface area contributed by atoms with E-state index in [-0.39, 0.29) is 16.2 Å². The summed E-state index contributed by atoms with van der Waals surface area (Å²) in [5.74, 6) is 0. The van der Waals surface area contributed by atoms with Crippen molar-refractivity contribution in [2.45, 2.75) is 57.8 Å². The Hall–Kier alpha value is -17.5. The monoisotopic (exact) mass is 1850 g/mol. The molecule has 0 atom stereocenters. The van der Waals surface area contributed by atoms with Gasteiger partial charge in [-0.15, -0.1) is 0 Å². The van der Waals surface area contributed by atoms with Gasteiger partial charge in [0.15, 0.2) is 49.6 Å². The fourth-order valence-corrected chi connectivity index (χ4v) is 22.2. The van der Waals surface area contributed by atoms with Crippen LogP contribution in [0, 0.1) is 0 Å². The predicted octanol–water partition coefficient (Wildman–Crippen LogP) is 28.3. The lowest BCUT2D eigenvalue weighted by Gasteiger charge is -2.28. The molecule has 0 bridgehead atoms. The van der Waals surface area contributed by atoms with Gasteiger partial charge in [0.05, 0.1) is 25.1 Å². The zero-order chi connectivity index (χ0) is 97.3. The van der Waals surface area contributed by atoms with Gasteiger partial charge in [0.25, 0.3) is 0 Å². The van der Waals surface area contributed by atoms with Crippen molar-refractivity contribution in [1.29, 1.82) is 0 Å². The maximum atomic E-state index is 2.52. The molecule has 0 N–H and O–H groups in total. The van der Waals surface area contributed by atoms with Crippen molar-refractivity contribution in [1.82, 2.24) is 13.7 Å². The second kappa shape index (κ2) is 35.1. The Morgan fingerprint density at radius 1 is 0.189 bits per heavy atom. The molecule has 12 nitrogen and oxygen atoms in total. The fourth-order valence-electron chi connectivity index (χ4n) is 22.2. The highest BCUT2D eigenvalue weighted by atomic mass is 15.2. The number of imidazole rings is 2. The summed E-state index contributed by atoms with van der Waals surface area (Å²) in [6.45, 7) is 14.4. The number of pyridine rings is 4. The van der Waals surface area contributed by atoms with Crippen LogP contribution in [0.1, 0.15) is 74.9 Å². The quantitative estimate of drug-likeness (QED) is 0.0805. The van der Waals surface area contributed by atoms with E-state index in [1.807, 2.05) is 7.05 Å². The van der Waals surface area contributed by atoms with E-state index in [2.05, 4.69) is 596 Å². The molecule has 22 aromatic rings. The number of aryl methyl sites for hydroxylation is 6. The first-order valence-corrected chi connectivity index (χ1v) is 49.4. The van der Waals surface area contributed by atoms with Gasteiger partial charge in [-0.2, -0.15) is 0 Å². The van der Waals surface area contributed by atoms with Gasteiger partial charge in [0, 0.05) is 132 Å². The predicted molar refractivity (Wildman–Crippen MR) is 582 cm³/mol. The first-order chi connectivity index (χ1) is 69.5. The Morgan fingerprint density at radius 3 is 0.839 bits per heavy atom. The van der Waals surface area contributed by atoms with E-state index in [4.69, 9.17) is 0 Å². The van der Waals surface area contributed by atoms with Crippen LogP contribution in [0.2, 0.25) is 0 Å². The topological polar surface area (TPSA) is 47.8 Å². The molecule has 0 saturated heterocycles. The van der Waals surface area contributed by atoms with Gasteiger partial charge in [-0.3, -0.25) is 0 Å². The van der Waals surface area contributed by atoms with E-state index >= 15 is 0 Å². The molecular weight excluding hydrogens is 1740 g/mol. The lowest BCUT2D eigenvalue weighted by Crippen LogP contribution is -2.25. The van der Waals surface area contributed by atoms with Crippen LogP contribution in [0.25, 0.3) is 139 Å². The van der Waals surface area contributed by atoms with E-state index in [1.165, 1.54) is 150 Å². The third-order valence-corrected chi connectivity index (χ3v) is 30.2. The summed E-state index contributed by atoms with van der Waals surface area (Å²) in [6.07, 6.45) is 29.4. The van der Waals surface area contributed by atoms with Gasteiger partial charge >= 0.3 is 0 Å². The van der Waals surface area contributed by atoms with Crippen LogP contribution in [-0.4, -0.2) is 13.7 Å². The summed E-state index contributed by atoms with van der Waals surface area (Å²) in [6, 6.07) is 140. The minimum Gasteiger partial charge on any atom is -0.310 e. The van der Waals surface area contributed by atoms with Crippen LogP contribution in [0.15, 0.2) is 463 Å². The Labute approximate surface area is 836 Å². The van der Waals surface area contributed by atoms with Crippen molar-refractivity contribution < 1.29 is 27.4 Å². The van der Waals surface area contributed by atoms with E-state index in [9.17, 15) is 0 Å². The molecule has 7 aromatic heterocycles. The molecule has 690 valence electrons. The zero-order valence-electron chi connectivity index (χ0n) is 82.7. The van der Waals surface area contributed by atoms with Gasteiger partial charge < -0.3 is 19.3 Å². The van der Waals surface area contributed by atoms with Crippen LogP contribution in [-0.2, 0) is 58.5 Å². The van der Waals surface area contributed by atoms with E-state index < -0.39 is 0 Å². The van der Waals surface area contributed by atoms with Crippen molar-refractivity contribution in [3.63, 3.8) is 0 Å². The van der Waals surface area contributed by atoms with Crippen molar-refractivity contribution in [2.24, 2.45) is 42.3 Å². The largest absolute Gasteiger partial charge is 0.310 e. The molecule has 15 aromatic carbocycles. The van der Waals surface area contributed by atoms with Gasteiger partial charge in [0.2, 0.25) is 12.7 Å². The molecule has 0 spiro atoms. The fraction of sp³-hybridized carbons (Fsp3) is 0.115. The lowest BCUT2D eigenvalue weighted by molar-refractivity contribution is -0.671. The molecule has 0 radical (unpaired) electrons. The first kappa shape index (κ1) is 88.2. The summed E-state index contributed by atoms with van der Waals surface area (Å²) in [7, 11) is 12.3. The summed E-state index contributed by atoms with van der Waals surface area (Å²) >= 11 is 0. The van der Waals surface area contributed by atoms with Crippen LogP contribution < -0.4 is 42.1 Å². The molecule has 0 saturated carbocycles. The normalized spacial score (nSPS) is 13.1. The molecule has 0 fully saturated rings. The lowest BCUT2D eigenvalue weighted by atomic mass is 9.79. The number of hydrogen-bond acceptors (Lipinski definition) is 3. The highest BCUT2D eigenvalue weighted by Crippen LogP contribution is 2.59. The number of para-hydroxylation sites is 1. The number of benzene rings is 15. The SMILES string of the molecule is C[n+]1ccc(-c2ccc(-n3c4ccc(-c5ccc(N(c6ccc(-c7ccccc7)cc6)c6ccc7c(c6)C(C)(C)c6cc(-c8cc[n+](C)cc8)ccc6-7)cc5)cc4c4cc(-n5cc[n+](C)c5)ccc43)cc2)cc1.C[n+]1ccc(-c2ccc(N(c3ccc(-c4cc[n+](C)cc4)cc3)c3ccc4c(c3)C(C)(C)c3cc5c(cc3-4)C(C)(C)c3cc(N(c4ccccc4)c4ccc(-n6cc[n+](C)c6)cc4)ccc3-5)cc2)cc1. The standard InChI is InChI=1S/C67H55N6.C64H57N6/c1-67(2)63-42-53(51-33-37-69(4)38-34-51)17-27-59(63)60-28-25-58(44-64(60)67)72(54-19-11-47(12-20-54)46-9-7-6-8-10-46)55-21-15-49(16-22-55)52-18-29-65-61(41-52)62-43-57(71-40-39-70(5)45-71)26-30-66(62)73(65)56-23-13-48(14-24-56)50-31-35-68(3)36-32-50;1-63(2)59-39-53(69(49-11-9-8-10-12-49)52-23-21-48(22-24-52)68-38-37-67(7)43-68)25-27-55(59)57-41-62-58(42-61(57)63)56-28-26-54(40-60(56)64(62,3)4)70(50-17-13-44(14-18-50)46-29-33-65(5)34-30-46)51-19-15-45(16-20-51)47-31-35-66(6)36-32-47/h6-45H,1-5H3;8-43H,1-7H3/q2*+3. The summed E-state index contributed by atoms with van der Waals surface area (Å²) in [5, 5.41) is 2.42. The number of anilines is 9. The van der Waals surface area contributed by atoms with Crippen molar-refractivity contribution in [2.75, 3.05) is 14.7 Å². The smallest absolute Gasteiger partial charge is 0.248 e. The zero-order valence-corrected chi connectivity index (χ0v) is 82.7. The second-order valence-corrected chi connectivity index (χ2v) is 40.5. The van der Waals surface area contributed by atoms with E-state index in [0.29, 0.717) is 0 Å². The highest BCUT2D eigenvalue weighted by molar-refractivity contribution is 6.11. The minimum atomic E-state index is -0.233. The minimum absolute atomic E-state index is 0.199. The van der Waals surface area contributed by atoms with Crippen LogP contribution >= 0.6 is 0 Å². The molecule has 3 aliphatic rings. The van der Waals surface area contributed by atoms with Gasteiger partial charge in [-0.25, -0.2) is 36.5 Å². The third-order valence-electron chi connectivity index (χ3n) is 30.2. The average Bonchev–Trinajstić information content (AvgIpc) is 1.54. The summed E-state index contributed by atoms with van der Waals surface area (Å²) in [4.78, 5) is 7.21. The van der Waals surface area contributed by atoms with Crippen molar-refractivity contribution in [3.8, 4) is 117 Å². The molecule has 3 aliphatic carbocycles. The van der Waals surface area contributed by atoms with Crippen LogP contribution in [0.5, 0.6) is 0 Å². The molecule has 12 heteroatoms. The molecule has 0 aliphatic heterocycles. The molecular formula is C131H112N12+6. The van der Waals surface area contributed by atoms with Crippen LogP contribution in [0.4, 0.5) is 51.2 Å². The van der Waals surface area contributed by atoms with Gasteiger partial charge in [-0.1, -0.05) is 187 Å². The average molecular weight is 1850 g/mol. The Morgan fingerprint density at radius 2 is 0.448 bits per heavy atom. The first-order valence-electron chi connectivity index (χ1n) is 49.4. The summed E-state index contributed by atoms with van der Waals surface area (Å²) in [5.41, 5.74) is 45.6. The number of rotatable bonds is 18. The van der Waals surface area contributed by atoms with Gasteiger partial charge in [0.1, 0.15) is 64.4 Å². The van der Waals surface area contributed by atoms with Crippen molar-refractivity contribution >= 4 is 73.0 Å². The number of hydrogen-bond donors (Lipinski definition) is 0. The van der Waals surface area contributed by atoms with E-state index in [0.717, 1.165) is 73.8 Å². The molecule has 7 heterocycles. The maximum Gasteiger partial charge on any atom is 0.248 e. The highest BCUT2D eigenvalue weighted by Gasteiger charge is 2.44. The van der Waals surface area contributed by atoms with Crippen LogP contribution in [0.3, 0.4) is 0 Å². The number of aromatic nitrogens is 9. The Balaban J connectivity index is 0.000000154. The number of fused-ring (bicyclic) bond motifs is 12. The molecule has 0 unspecified atom stereocenters. The maximum absolute atomic E-state index is 2.52. The molecule has 25 rings (SSSR count). The summed E-state index contributed by atoms with van der Waals surface area (Å²) < 4.78 is 19.2. The number of nitrogens with zero attached hydrogens (tertiary/aromatic N) is 12. The van der Waals surface area contributed by atoms with E-state index in [1.54, 1.807) is 0 Å². The third kappa shape index (κ3) is 15.9. The molecule has 143 heavy (non-hydrogen) atoms.